The quantitative estimate of drug-likeness (QED) is 0.765. The van der Waals surface area contributed by atoms with Crippen LogP contribution < -0.4 is 9.47 Å². The smallest absolute Gasteiger partial charge is 0.304 e. The van der Waals surface area contributed by atoms with Crippen LogP contribution in [0.2, 0.25) is 0 Å². The summed E-state index contributed by atoms with van der Waals surface area (Å²) in [5.74, 6) is 0.668. The fourth-order valence-electron chi connectivity index (χ4n) is 4.43. The summed E-state index contributed by atoms with van der Waals surface area (Å²) in [5, 5.41) is 9.05. The number of aliphatic carboxylic acids is 1. The third-order valence-corrected chi connectivity index (χ3v) is 5.60. The summed E-state index contributed by atoms with van der Waals surface area (Å²) < 4.78 is 12.0. The second-order valence-electron chi connectivity index (χ2n) is 9.17. The number of ether oxygens (including phenoxy) is 2. The highest BCUT2D eigenvalue weighted by Gasteiger charge is 2.29. The molecular weight excluding hydrogens is 352 g/mol. The van der Waals surface area contributed by atoms with Crippen molar-refractivity contribution in [2.45, 2.75) is 58.5 Å². The summed E-state index contributed by atoms with van der Waals surface area (Å²) in [6.07, 6.45) is 3.26. The highest BCUT2D eigenvalue weighted by molar-refractivity contribution is 5.68. The van der Waals surface area contributed by atoms with Gasteiger partial charge in [0, 0.05) is 17.5 Å². The van der Waals surface area contributed by atoms with Gasteiger partial charge >= 0.3 is 5.97 Å². The molecule has 0 fully saturated rings. The first-order valence-electron chi connectivity index (χ1n) is 10.1. The molecule has 1 aliphatic carbocycles. The third-order valence-electron chi connectivity index (χ3n) is 5.60. The molecule has 0 radical (unpaired) electrons. The molecule has 4 heteroatoms. The van der Waals surface area contributed by atoms with Gasteiger partial charge in [0.05, 0.1) is 13.0 Å². The molecule has 0 aromatic heterocycles. The molecule has 1 aliphatic heterocycles. The van der Waals surface area contributed by atoms with Crippen LogP contribution >= 0.6 is 0 Å². The van der Waals surface area contributed by atoms with Crippen LogP contribution in [0.1, 0.15) is 67.9 Å². The summed E-state index contributed by atoms with van der Waals surface area (Å²) in [6, 6.07) is 12.4. The molecule has 4 rings (SSSR count). The topological polar surface area (TPSA) is 55.8 Å². The molecular formula is C24H28O4. The van der Waals surface area contributed by atoms with E-state index in [1.54, 1.807) is 0 Å². The Bertz CT molecular complexity index is 894. The van der Waals surface area contributed by atoms with E-state index in [1.807, 2.05) is 18.2 Å². The van der Waals surface area contributed by atoms with Crippen molar-refractivity contribution in [3.63, 3.8) is 0 Å². The van der Waals surface area contributed by atoms with Gasteiger partial charge < -0.3 is 14.6 Å². The third kappa shape index (κ3) is 3.87. The van der Waals surface area contributed by atoms with Gasteiger partial charge in [-0.15, -0.1) is 0 Å². The zero-order valence-corrected chi connectivity index (χ0v) is 16.8. The summed E-state index contributed by atoms with van der Waals surface area (Å²) in [6.45, 7) is 7.25. The van der Waals surface area contributed by atoms with Gasteiger partial charge in [-0.25, -0.2) is 0 Å². The average molecular weight is 380 g/mol. The molecule has 0 spiro atoms. The molecule has 0 saturated heterocycles. The van der Waals surface area contributed by atoms with Crippen molar-refractivity contribution in [3.05, 3.63) is 58.7 Å². The maximum Gasteiger partial charge on any atom is 0.304 e. The largest absolute Gasteiger partial charge is 0.492 e. The van der Waals surface area contributed by atoms with E-state index in [-0.39, 0.29) is 23.9 Å². The predicted molar refractivity (Wildman–Crippen MR) is 108 cm³/mol. The number of carbonyl (C=O) groups is 1. The number of fused-ring (bicyclic) bond motifs is 2. The van der Waals surface area contributed by atoms with Crippen LogP contribution in [0.4, 0.5) is 0 Å². The van der Waals surface area contributed by atoms with Crippen LogP contribution in [-0.4, -0.2) is 17.7 Å². The highest BCUT2D eigenvalue weighted by Crippen LogP contribution is 2.42. The lowest BCUT2D eigenvalue weighted by Gasteiger charge is -2.21. The Balaban J connectivity index is 1.52. The molecule has 0 bridgehead atoms. The minimum atomic E-state index is -0.796. The van der Waals surface area contributed by atoms with E-state index in [4.69, 9.17) is 14.6 Å². The van der Waals surface area contributed by atoms with Gasteiger partial charge in [-0.3, -0.25) is 4.79 Å². The summed E-state index contributed by atoms with van der Waals surface area (Å²) >= 11 is 0. The van der Waals surface area contributed by atoms with Crippen molar-refractivity contribution in [2.24, 2.45) is 5.41 Å². The van der Waals surface area contributed by atoms with Crippen molar-refractivity contribution >= 4 is 5.97 Å². The van der Waals surface area contributed by atoms with Gasteiger partial charge in [0.1, 0.15) is 17.6 Å². The molecule has 4 nitrogen and oxygen atoms in total. The fraction of sp³-hybridized carbons (Fsp3) is 0.458. The molecule has 0 amide bonds. The Morgan fingerprint density at radius 1 is 1.21 bits per heavy atom. The monoisotopic (exact) mass is 380 g/mol. The number of hydrogen-bond donors (Lipinski definition) is 1. The molecule has 1 heterocycles. The molecule has 2 aromatic carbocycles. The van der Waals surface area contributed by atoms with Gasteiger partial charge in [-0.05, 0) is 47.4 Å². The Hall–Kier alpha value is -2.49. The predicted octanol–water partition coefficient (Wildman–Crippen LogP) is 5.29. The first kappa shape index (κ1) is 18.9. The van der Waals surface area contributed by atoms with Crippen molar-refractivity contribution in [1.29, 1.82) is 0 Å². The van der Waals surface area contributed by atoms with Crippen LogP contribution in [0.15, 0.2) is 36.4 Å². The van der Waals surface area contributed by atoms with E-state index in [0.717, 1.165) is 36.3 Å². The number of carboxylic acid groups (broad SMARTS) is 1. The maximum atomic E-state index is 11.0. The average Bonchev–Trinajstić information content (AvgIpc) is 3.18. The van der Waals surface area contributed by atoms with Gasteiger partial charge in [0.15, 0.2) is 0 Å². The van der Waals surface area contributed by atoms with Gasteiger partial charge in [0.25, 0.3) is 0 Å². The molecule has 0 saturated carbocycles. The summed E-state index contributed by atoms with van der Waals surface area (Å²) in [7, 11) is 0. The van der Waals surface area contributed by atoms with Crippen LogP contribution in [-0.2, 0) is 17.6 Å². The molecule has 28 heavy (non-hydrogen) atoms. The van der Waals surface area contributed by atoms with E-state index in [2.05, 4.69) is 39.0 Å². The Kier molecular flexibility index (Phi) is 4.82. The number of rotatable bonds is 5. The Morgan fingerprint density at radius 2 is 2.04 bits per heavy atom. The van der Waals surface area contributed by atoms with Crippen LogP contribution in [0.3, 0.4) is 0 Å². The highest BCUT2D eigenvalue weighted by atomic mass is 16.5. The van der Waals surface area contributed by atoms with Crippen molar-refractivity contribution in [2.75, 3.05) is 6.61 Å². The second-order valence-corrected chi connectivity index (χ2v) is 9.17. The maximum absolute atomic E-state index is 11.0. The normalized spacial score (nSPS) is 20.4. The zero-order valence-electron chi connectivity index (χ0n) is 16.8. The second kappa shape index (κ2) is 7.16. The van der Waals surface area contributed by atoms with Gasteiger partial charge in [-0.1, -0.05) is 45.0 Å². The number of hydrogen-bond acceptors (Lipinski definition) is 3. The van der Waals surface area contributed by atoms with Gasteiger partial charge in [0.2, 0.25) is 0 Å². The van der Waals surface area contributed by atoms with Crippen LogP contribution in [0, 0.1) is 5.41 Å². The van der Waals surface area contributed by atoms with E-state index in [0.29, 0.717) is 6.61 Å². The van der Waals surface area contributed by atoms with Crippen LogP contribution in [0.5, 0.6) is 11.5 Å². The first-order chi connectivity index (χ1) is 13.3. The van der Waals surface area contributed by atoms with E-state index in [1.165, 1.54) is 16.7 Å². The van der Waals surface area contributed by atoms with Crippen LogP contribution in [0.25, 0.3) is 0 Å². The molecule has 2 aliphatic rings. The molecule has 2 unspecified atom stereocenters. The van der Waals surface area contributed by atoms with E-state index in [9.17, 15) is 4.79 Å². The standard InChI is InChI=1S/C24H28O4/c1-24(2,3)13-15-5-4-6-20-18(15)9-10-21(20)28-17-7-8-19-16(11-23(25)26)14-27-22(19)12-17/h4-8,12,16,21H,9-11,13-14H2,1-3H3,(H,25,26). The fourth-order valence-corrected chi connectivity index (χ4v) is 4.43. The lowest BCUT2D eigenvalue weighted by molar-refractivity contribution is -0.137. The molecule has 148 valence electrons. The van der Waals surface area contributed by atoms with Crippen molar-refractivity contribution in [1.82, 2.24) is 0 Å². The van der Waals surface area contributed by atoms with Crippen molar-refractivity contribution < 1.29 is 19.4 Å². The van der Waals surface area contributed by atoms with Crippen molar-refractivity contribution in [3.8, 4) is 11.5 Å². The molecule has 2 atom stereocenters. The summed E-state index contributed by atoms with van der Waals surface area (Å²) in [5.41, 5.74) is 5.41. The van der Waals surface area contributed by atoms with E-state index >= 15 is 0 Å². The van der Waals surface area contributed by atoms with E-state index < -0.39 is 5.97 Å². The zero-order chi connectivity index (χ0) is 19.9. The summed E-state index contributed by atoms with van der Waals surface area (Å²) in [4.78, 5) is 11.0. The number of carboxylic acids is 1. The molecule has 1 N–H and O–H groups in total. The lowest BCUT2D eigenvalue weighted by Crippen LogP contribution is -2.11. The number of benzene rings is 2. The minimum Gasteiger partial charge on any atom is -0.492 e. The lowest BCUT2D eigenvalue weighted by atomic mass is 9.85. The Morgan fingerprint density at radius 3 is 2.79 bits per heavy atom. The Labute approximate surface area is 166 Å². The minimum absolute atomic E-state index is 0.0594. The SMILES string of the molecule is CC(C)(C)Cc1cccc2c1CCC2Oc1ccc2c(c1)OCC2CC(=O)O. The van der Waals surface area contributed by atoms with Gasteiger partial charge in [-0.2, -0.15) is 0 Å². The first-order valence-corrected chi connectivity index (χ1v) is 10.1. The molecule has 2 aromatic rings.